The van der Waals surface area contributed by atoms with Gasteiger partial charge in [0.1, 0.15) is 0 Å². The molecule has 1 N–H and O–H groups in total. The molecular weight excluding hydrogens is 339 g/mol. The van der Waals surface area contributed by atoms with E-state index in [1.807, 2.05) is 24.3 Å². The van der Waals surface area contributed by atoms with Crippen molar-refractivity contribution in [2.45, 2.75) is 45.8 Å². The second kappa shape index (κ2) is 8.39. The Morgan fingerprint density at radius 1 is 1.00 bits per heavy atom. The van der Waals surface area contributed by atoms with Crippen LogP contribution in [0.2, 0.25) is 0 Å². The van der Waals surface area contributed by atoms with Crippen LogP contribution in [0.5, 0.6) is 0 Å². The number of halogens is 3. The zero-order valence-corrected chi connectivity index (χ0v) is 15.2. The smallest absolute Gasteiger partial charge is 0.352 e. The SMILES string of the molecule is CC(C)Cc1ccc(C(C)C(=O)NCc2cccc(C(F)(F)F)c2)cc1. The lowest BCUT2D eigenvalue weighted by Gasteiger charge is -2.14. The van der Waals surface area contributed by atoms with E-state index in [-0.39, 0.29) is 18.4 Å². The first-order valence-corrected chi connectivity index (χ1v) is 8.69. The van der Waals surface area contributed by atoms with E-state index in [1.165, 1.54) is 11.6 Å². The van der Waals surface area contributed by atoms with Crippen LogP contribution >= 0.6 is 0 Å². The summed E-state index contributed by atoms with van der Waals surface area (Å²) in [6, 6.07) is 12.9. The summed E-state index contributed by atoms with van der Waals surface area (Å²) >= 11 is 0. The van der Waals surface area contributed by atoms with Crippen molar-refractivity contribution in [3.05, 3.63) is 70.8 Å². The normalized spacial score (nSPS) is 12.9. The van der Waals surface area contributed by atoms with Crippen LogP contribution in [-0.4, -0.2) is 5.91 Å². The summed E-state index contributed by atoms with van der Waals surface area (Å²) in [7, 11) is 0. The molecule has 0 spiro atoms. The largest absolute Gasteiger partial charge is 0.416 e. The minimum atomic E-state index is -4.38. The molecule has 0 saturated carbocycles. The Kier molecular flexibility index (Phi) is 6.46. The molecule has 26 heavy (non-hydrogen) atoms. The van der Waals surface area contributed by atoms with Crippen molar-refractivity contribution < 1.29 is 18.0 Å². The van der Waals surface area contributed by atoms with Gasteiger partial charge in [-0.25, -0.2) is 0 Å². The number of hydrogen-bond donors (Lipinski definition) is 1. The van der Waals surface area contributed by atoms with E-state index in [2.05, 4.69) is 19.2 Å². The third-order valence-corrected chi connectivity index (χ3v) is 4.24. The van der Waals surface area contributed by atoms with Gasteiger partial charge in [-0.2, -0.15) is 13.2 Å². The first-order chi connectivity index (χ1) is 12.2. The van der Waals surface area contributed by atoms with Gasteiger partial charge < -0.3 is 5.32 Å². The number of alkyl halides is 3. The molecule has 0 fully saturated rings. The average molecular weight is 363 g/mol. The molecule has 1 unspecified atom stereocenters. The van der Waals surface area contributed by atoms with E-state index in [0.717, 1.165) is 24.1 Å². The van der Waals surface area contributed by atoms with Gasteiger partial charge >= 0.3 is 6.18 Å². The Morgan fingerprint density at radius 3 is 2.23 bits per heavy atom. The minimum absolute atomic E-state index is 0.0680. The molecule has 5 heteroatoms. The van der Waals surface area contributed by atoms with E-state index >= 15 is 0 Å². The zero-order chi connectivity index (χ0) is 19.3. The molecule has 0 heterocycles. The Bertz CT molecular complexity index is 736. The summed E-state index contributed by atoms with van der Waals surface area (Å²) in [6.45, 7) is 6.16. The molecule has 2 nitrogen and oxygen atoms in total. The van der Waals surface area contributed by atoms with Crippen LogP contribution < -0.4 is 5.32 Å². The predicted molar refractivity (Wildman–Crippen MR) is 96.7 cm³/mol. The monoisotopic (exact) mass is 363 g/mol. The van der Waals surface area contributed by atoms with Gasteiger partial charge in [0.15, 0.2) is 0 Å². The lowest BCUT2D eigenvalue weighted by Crippen LogP contribution is -2.27. The third kappa shape index (κ3) is 5.61. The molecule has 1 atom stereocenters. The Morgan fingerprint density at radius 2 is 1.65 bits per heavy atom. The molecule has 1 amide bonds. The predicted octanol–water partition coefficient (Wildman–Crippen LogP) is 5.32. The molecule has 2 aromatic rings. The summed E-state index contributed by atoms with van der Waals surface area (Å²) in [5.74, 6) is -0.0121. The van der Waals surface area contributed by atoms with Gasteiger partial charge in [0.05, 0.1) is 11.5 Å². The maximum atomic E-state index is 12.7. The maximum absolute atomic E-state index is 12.7. The van der Waals surface area contributed by atoms with Crippen LogP contribution in [0.15, 0.2) is 48.5 Å². The molecule has 0 bridgehead atoms. The van der Waals surface area contributed by atoms with Gasteiger partial charge in [0, 0.05) is 6.54 Å². The molecule has 0 saturated heterocycles. The van der Waals surface area contributed by atoms with Crippen LogP contribution in [0.25, 0.3) is 0 Å². The molecule has 2 aromatic carbocycles. The van der Waals surface area contributed by atoms with Crippen molar-refractivity contribution in [3.8, 4) is 0 Å². The molecule has 0 aromatic heterocycles. The summed E-state index contributed by atoms with van der Waals surface area (Å²) < 4.78 is 38.2. The highest BCUT2D eigenvalue weighted by atomic mass is 19.4. The number of carbonyl (C=O) groups is 1. The van der Waals surface area contributed by atoms with E-state index in [9.17, 15) is 18.0 Å². The summed E-state index contributed by atoms with van der Waals surface area (Å²) in [4.78, 5) is 12.3. The maximum Gasteiger partial charge on any atom is 0.416 e. The average Bonchev–Trinajstić information content (AvgIpc) is 2.58. The standard InChI is InChI=1S/C21H24F3NO/c1-14(2)11-16-7-9-18(10-8-16)15(3)20(26)25-13-17-5-4-6-19(12-17)21(22,23)24/h4-10,12,14-15H,11,13H2,1-3H3,(H,25,26). The molecule has 0 aliphatic carbocycles. The first kappa shape index (κ1) is 20.0. The fourth-order valence-electron chi connectivity index (χ4n) is 2.77. The molecule has 140 valence electrons. The molecule has 0 aliphatic heterocycles. The summed E-state index contributed by atoms with van der Waals surface area (Å²) in [6.07, 6.45) is -3.40. The van der Waals surface area contributed by atoms with E-state index in [0.29, 0.717) is 11.5 Å². The molecule has 0 aliphatic rings. The minimum Gasteiger partial charge on any atom is -0.352 e. The highest BCUT2D eigenvalue weighted by Crippen LogP contribution is 2.29. The highest BCUT2D eigenvalue weighted by Gasteiger charge is 2.30. The summed E-state index contributed by atoms with van der Waals surface area (Å²) in [5.41, 5.74) is 1.82. The molecule has 0 radical (unpaired) electrons. The van der Waals surface area contributed by atoms with Gasteiger partial charge in [-0.05, 0) is 48.1 Å². The van der Waals surface area contributed by atoms with Crippen molar-refractivity contribution in [2.75, 3.05) is 0 Å². The highest BCUT2D eigenvalue weighted by molar-refractivity contribution is 5.83. The van der Waals surface area contributed by atoms with Crippen LogP contribution in [0.1, 0.15) is 48.9 Å². The number of carbonyl (C=O) groups excluding carboxylic acids is 1. The van der Waals surface area contributed by atoms with E-state index in [4.69, 9.17) is 0 Å². The second-order valence-corrected chi connectivity index (χ2v) is 6.98. The van der Waals surface area contributed by atoms with Crippen molar-refractivity contribution in [2.24, 2.45) is 5.92 Å². The van der Waals surface area contributed by atoms with Gasteiger partial charge in [0.2, 0.25) is 5.91 Å². The van der Waals surface area contributed by atoms with E-state index in [1.54, 1.807) is 13.0 Å². The van der Waals surface area contributed by atoms with Crippen molar-refractivity contribution in [1.82, 2.24) is 5.32 Å². The van der Waals surface area contributed by atoms with Crippen LogP contribution in [0.3, 0.4) is 0 Å². The fourth-order valence-corrected chi connectivity index (χ4v) is 2.77. The number of amides is 1. The Balaban J connectivity index is 1.97. The van der Waals surface area contributed by atoms with Crippen LogP contribution in [0.4, 0.5) is 13.2 Å². The fraction of sp³-hybridized carbons (Fsp3) is 0.381. The van der Waals surface area contributed by atoms with Crippen molar-refractivity contribution >= 4 is 5.91 Å². The number of hydrogen-bond acceptors (Lipinski definition) is 1. The lowest BCUT2D eigenvalue weighted by atomic mass is 9.96. The second-order valence-electron chi connectivity index (χ2n) is 6.98. The van der Waals surface area contributed by atoms with E-state index < -0.39 is 11.7 Å². The van der Waals surface area contributed by atoms with Gasteiger partial charge in [-0.3, -0.25) is 4.79 Å². The quantitative estimate of drug-likeness (QED) is 0.739. The van der Waals surface area contributed by atoms with Crippen molar-refractivity contribution in [1.29, 1.82) is 0 Å². The topological polar surface area (TPSA) is 29.1 Å². The molecular formula is C21H24F3NO. The molecule has 2 rings (SSSR count). The van der Waals surface area contributed by atoms with Crippen LogP contribution in [0, 0.1) is 5.92 Å². The van der Waals surface area contributed by atoms with Crippen LogP contribution in [-0.2, 0) is 23.9 Å². The van der Waals surface area contributed by atoms with Gasteiger partial charge in [0.25, 0.3) is 0 Å². The van der Waals surface area contributed by atoms with Crippen molar-refractivity contribution in [3.63, 3.8) is 0 Å². The Labute approximate surface area is 152 Å². The number of benzene rings is 2. The first-order valence-electron chi connectivity index (χ1n) is 8.69. The zero-order valence-electron chi connectivity index (χ0n) is 15.2. The third-order valence-electron chi connectivity index (χ3n) is 4.24. The number of rotatable bonds is 6. The van der Waals surface area contributed by atoms with Gasteiger partial charge in [-0.1, -0.05) is 50.2 Å². The summed E-state index contributed by atoms with van der Waals surface area (Å²) in [5, 5.41) is 2.72. The Hall–Kier alpha value is -2.30. The van der Waals surface area contributed by atoms with Gasteiger partial charge in [-0.15, -0.1) is 0 Å². The lowest BCUT2D eigenvalue weighted by molar-refractivity contribution is -0.137. The number of nitrogens with one attached hydrogen (secondary N) is 1.